The van der Waals surface area contributed by atoms with E-state index >= 15 is 0 Å². The predicted octanol–water partition coefficient (Wildman–Crippen LogP) is 2.22. The molecule has 3 N–H and O–H groups in total. The first kappa shape index (κ1) is 14.8. The van der Waals surface area contributed by atoms with E-state index in [1.165, 1.54) is 0 Å². The number of amides is 2. The van der Waals surface area contributed by atoms with Crippen LogP contribution in [0.25, 0.3) is 0 Å². The lowest BCUT2D eigenvalue weighted by molar-refractivity contribution is 0.122. The van der Waals surface area contributed by atoms with Crippen LogP contribution in [-0.2, 0) is 6.42 Å². The third-order valence-corrected chi connectivity index (χ3v) is 4.24. The molecule has 0 aromatic carbocycles. The van der Waals surface area contributed by atoms with Crippen molar-refractivity contribution in [2.75, 3.05) is 11.9 Å². The fourth-order valence-electron chi connectivity index (χ4n) is 2.79. The molecule has 2 amide bonds. The lowest BCUT2D eigenvalue weighted by Gasteiger charge is -2.30. The quantitative estimate of drug-likeness (QED) is 0.789. The summed E-state index contributed by atoms with van der Waals surface area (Å²) in [5, 5.41) is 19.1. The number of carbonyl (C=O) groups excluding carboxylic acids is 1. The van der Waals surface area contributed by atoms with Crippen molar-refractivity contribution in [3.05, 3.63) is 11.5 Å². The van der Waals surface area contributed by atoms with Gasteiger partial charge in [-0.3, -0.25) is 0 Å². The van der Waals surface area contributed by atoms with Crippen LogP contribution in [0.3, 0.4) is 0 Å². The largest absolute Gasteiger partial charge is 0.396 e. The highest BCUT2D eigenvalue weighted by Gasteiger charge is 2.39. The van der Waals surface area contributed by atoms with Gasteiger partial charge in [0.25, 0.3) is 0 Å². The number of rotatable bonds is 4. The summed E-state index contributed by atoms with van der Waals surface area (Å²) in [7, 11) is 0. The van der Waals surface area contributed by atoms with Gasteiger partial charge in [0.1, 0.15) is 11.4 Å². The van der Waals surface area contributed by atoms with Crippen LogP contribution in [0.5, 0.6) is 0 Å². The molecule has 2 rings (SSSR count). The van der Waals surface area contributed by atoms with Gasteiger partial charge in [-0.1, -0.05) is 25.4 Å². The van der Waals surface area contributed by atoms with Crippen molar-refractivity contribution < 1.29 is 14.4 Å². The minimum Gasteiger partial charge on any atom is -0.396 e. The summed E-state index contributed by atoms with van der Waals surface area (Å²) in [6, 6.07) is -0.268. The van der Waals surface area contributed by atoms with Crippen molar-refractivity contribution in [1.29, 1.82) is 0 Å². The smallest absolute Gasteiger partial charge is 0.319 e. The Bertz CT molecular complexity index is 486. The van der Waals surface area contributed by atoms with Crippen molar-refractivity contribution in [2.45, 2.75) is 52.5 Å². The molecule has 6 heteroatoms. The Balaban J connectivity index is 2.01. The van der Waals surface area contributed by atoms with Crippen LogP contribution in [0, 0.1) is 12.3 Å². The summed E-state index contributed by atoms with van der Waals surface area (Å²) in [6.45, 7) is 5.84. The number of nitrogens with one attached hydrogen (secondary N) is 2. The third kappa shape index (κ3) is 2.80. The zero-order valence-electron chi connectivity index (χ0n) is 12.3. The molecule has 0 saturated heterocycles. The molecule has 1 aromatic rings. The summed E-state index contributed by atoms with van der Waals surface area (Å²) < 4.78 is 5.15. The molecule has 1 fully saturated rings. The Morgan fingerprint density at radius 1 is 1.60 bits per heavy atom. The Morgan fingerprint density at radius 2 is 2.35 bits per heavy atom. The van der Waals surface area contributed by atoms with Crippen molar-refractivity contribution in [1.82, 2.24) is 10.5 Å². The van der Waals surface area contributed by atoms with E-state index < -0.39 is 0 Å². The van der Waals surface area contributed by atoms with E-state index in [-0.39, 0.29) is 24.1 Å². The number of nitrogens with zero attached hydrogens (tertiary/aromatic N) is 1. The molecule has 1 saturated carbocycles. The number of urea groups is 1. The zero-order valence-corrected chi connectivity index (χ0v) is 12.3. The van der Waals surface area contributed by atoms with E-state index in [1.807, 2.05) is 13.8 Å². The van der Waals surface area contributed by atoms with Crippen molar-refractivity contribution in [3.63, 3.8) is 0 Å². The second kappa shape index (κ2) is 5.83. The van der Waals surface area contributed by atoms with E-state index in [1.54, 1.807) is 6.92 Å². The molecule has 1 aromatic heterocycles. The molecule has 1 aliphatic carbocycles. The van der Waals surface area contributed by atoms with E-state index in [0.717, 1.165) is 19.3 Å². The molecule has 0 radical (unpaired) electrons. The molecule has 1 heterocycles. The van der Waals surface area contributed by atoms with E-state index in [4.69, 9.17) is 4.52 Å². The van der Waals surface area contributed by atoms with Crippen molar-refractivity contribution in [3.8, 4) is 0 Å². The predicted molar refractivity (Wildman–Crippen MR) is 75.6 cm³/mol. The lowest BCUT2D eigenvalue weighted by atomic mass is 9.86. The normalized spacial score (nSPS) is 25.7. The van der Waals surface area contributed by atoms with Gasteiger partial charge in [-0.15, -0.1) is 0 Å². The van der Waals surface area contributed by atoms with Gasteiger partial charge in [-0.2, -0.15) is 0 Å². The van der Waals surface area contributed by atoms with Crippen LogP contribution in [0.1, 0.15) is 44.6 Å². The molecule has 112 valence electrons. The van der Waals surface area contributed by atoms with Crippen molar-refractivity contribution >= 4 is 11.7 Å². The maximum Gasteiger partial charge on any atom is 0.319 e. The van der Waals surface area contributed by atoms with Gasteiger partial charge in [0.15, 0.2) is 5.76 Å². The number of aliphatic hydroxyl groups excluding tert-OH is 1. The summed E-state index contributed by atoms with van der Waals surface area (Å²) in [6.07, 6.45) is 3.53. The molecule has 0 aliphatic heterocycles. The average Bonchev–Trinajstić information content (AvgIpc) is 2.96. The number of hydrogen-bond donors (Lipinski definition) is 3. The number of aromatic nitrogens is 1. The molecule has 6 nitrogen and oxygen atoms in total. The minimum atomic E-state index is -0.266. The van der Waals surface area contributed by atoms with Gasteiger partial charge in [0.05, 0.1) is 6.61 Å². The summed E-state index contributed by atoms with van der Waals surface area (Å²) >= 11 is 0. The SMILES string of the molecule is CCc1onc(C)c1NC(=O)NC1CCCC1(C)CO. The number of hydrogen-bond acceptors (Lipinski definition) is 4. The highest BCUT2D eigenvalue weighted by molar-refractivity contribution is 5.90. The number of aryl methyl sites for hydroxylation is 2. The van der Waals surface area contributed by atoms with Gasteiger partial charge in [-0.25, -0.2) is 4.79 Å². The fourth-order valence-corrected chi connectivity index (χ4v) is 2.79. The molecular weight excluding hydrogens is 258 g/mol. The molecular formula is C14H23N3O3. The Kier molecular flexibility index (Phi) is 4.32. The average molecular weight is 281 g/mol. The van der Waals surface area contributed by atoms with Crippen LogP contribution in [0.4, 0.5) is 10.5 Å². The zero-order chi connectivity index (χ0) is 14.8. The molecule has 20 heavy (non-hydrogen) atoms. The topological polar surface area (TPSA) is 87.4 Å². The fraction of sp³-hybridized carbons (Fsp3) is 0.714. The Hall–Kier alpha value is -1.56. The first-order valence-corrected chi connectivity index (χ1v) is 7.13. The number of carbonyl (C=O) groups is 1. The number of anilines is 1. The van der Waals surface area contributed by atoms with E-state index in [0.29, 0.717) is 23.6 Å². The van der Waals surface area contributed by atoms with Crippen LogP contribution in [-0.4, -0.2) is 28.9 Å². The molecule has 0 spiro atoms. The Labute approximate surface area is 118 Å². The first-order valence-electron chi connectivity index (χ1n) is 7.13. The van der Waals surface area contributed by atoms with Gasteiger partial charge in [0, 0.05) is 17.9 Å². The maximum absolute atomic E-state index is 12.1. The second-order valence-electron chi connectivity index (χ2n) is 5.78. The van der Waals surface area contributed by atoms with E-state index in [2.05, 4.69) is 15.8 Å². The molecule has 2 atom stereocenters. The number of aliphatic hydroxyl groups is 1. The highest BCUT2D eigenvalue weighted by atomic mass is 16.5. The second-order valence-corrected chi connectivity index (χ2v) is 5.78. The molecule has 2 unspecified atom stereocenters. The molecule has 0 bridgehead atoms. The van der Waals surface area contributed by atoms with Gasteiger partial charge in [0.2, 0.25) is 0 Å². The van der Waals surface area contributed by atoms with Crippen molar-refractivity contribution in [2.24, 2.45) is 5.41 Å². The summed E-state index contributed by atoms with van der Waals surface area (Å²) in [5.41, 5.74) is 1.09. The standard InChI is InChI=1S/C14H23N3O3/c1-4-10-12(9(2)17-20-10)16-13(19)15-11-6-5-7-14(11,3)8-18/h11,18H,4-8H2,1-3H3,(H2,15,16,19). The molecule has 1 aliphatic rings. The Morgan fingerprint density at radius 3 is 3.00 bits per heavy atom. The summed E-state index contributed by atoms with van der Waals surface area (Å²) in [5.74, 6) is 0.675. The van der Waals surface area contributed by atoms with Gasteiger partial charge < -0.3 is 20.3 Å². The highest BCUT2D eigenvalue weighted by Crippen LogP contribution is 2.37. The van der Waals surface area contributed by atoms with Gasteiger partial charge >= 0.3 is 6.03 Å². The van der Waals surface area contributed by atoms with Crippen LogP contribution >= 0.6 is 0 Å². The third-order valence-electron chi connectivity index (χ3n) is 4.24. The lowest BCUT2D eigenvalue weighted by Crippen LogP contribution is -2.46. The van der Waals surface area contributed by atoms with Crippen LogP contribution < -0.4 is 10.6 Å². The van der Waals surface area contributed by atoms with Crippen LogP contribution in [0.15, 0.2) is 4.52 Å². The van der Waals surface area contributed by atoms with Crippen LogP contribution in [0.2, 0.25) is 0 Å². The maximum atomic E-state index is 12.1. The minimum absolute atomic E-state index is 0.00209. The monoisotopic (exact) mass is 281 g/mol. The first-order chi connectivity index (χ1) is 9.50. The summed E-state index contributed by atoms with van der Waals surface area (Å²) in [4.78, 5) is 12.1. The van der Waals surface area contributed by atoms with Gasteiger partial charge in [-0.05, 0) is 19.8 Å². The van der Waals surface area contributed by atoms with E-state index in [9.17, 15) is 9.90 Å².